The molecule has 8 fully saturated rings. The van der Waals surface area contributed by atoms with Crippen LogP contribution in [0, 0.1) is 39.9 Å². The molecule has 3 unspecified atom stereocenters. The van der Waals surface area contributed by atoms with Gasteiger partial charge in [0.2, 0.25) is 0 Å². The second kappa shape index (κ2) is 6.00. The van der Waals surface area contributed by atoms with E-state index in [1.807, 2.05) is 0 Å². The molecule has 0 aromatic heterocycles. The van der Waals surface area contributed by atoms with Crippen LogP contribution >= 0.6 is 0 Å². The molecule has 188 valence electrons. The molecular formula is C28H46B2O4. The van der Waals surface area contributed by atoms with Crippen molar-refractivity contribution in [1.29, 1.82) is 0 Å². The molecule has 0 aromatic carbocycles. The fourth-order valence-electron chi connectivity index (χ4n) is 10.7. The molecule has 6 aliphatic carbocycles. The number of hydrogen-bond donors (Lipinski definition) is 0. The topological polar surface area (TPSA) is 36.9 Å². The fourth-order valence-corrected chi connectivity index (χ4v) is 10.7. The highest BCUT2D eigenvalue weighted by Gasteiger charge is 2.90. The zero-order chi connectivity index (χ0) is 24.5. The van der Waals surface area contributed by atoms with Gasteiger partial charge in [0, 0.05) is 5.31 Å². The lowest BCUT2D eigenvalue weighted by Gasteiger charge is -2.63. The minimum absolute atomic E-state index is 0.00583. The first-order valence-electron chi connectivity index (χ1n) is 14.2. The standard InChI is InChI=1S/C28H46B2O4/c1-22(2,3)29-31-20-12-18-26(9)19(27(20,10)34-29)14-28(18,26)15-23(4,5)30-32-21-17-11-16(24(17,6)7)13-25(21,8)33-30/h16-21H,11-15H2,1-10H3/t16-,17+,18?,19+,20?,21-,25+,26?,27+,28-/m1/s1. The van der Waals surface area contributed by atoms with Crippen LogP contribution < -0.4 is 0 Å². The van der Waals surface area contributed by atoms with Gasteiger partial charge in [-0.2, -0.15) is 0 Å². The summed E-state index contributed by atoms with van der Waals surface area (Å²) in [4.78, 5) is 0. The minimum atomic E-state index is -0.136. The molecule has 4 nitrogen and oxygen atoms in total. The SMILES string of the molecule is CC(C)(C)B1OC2CC3C4(C)[C@H](C[C@@]34CC(C)(C)B3O[C@@H]4[C@@H]5C[C@H](C[C@]4(C)O3)C5(C)C)[C@]2(C)O1. The van der Waals surface area contributed by atoms with Crippen LogP contribution in [-0.4, -0.2) is 37.6 Å². The molecule has 6 heteroatoms. The van der Waals surface area contributed by atoms with Crippen LogP contribution in [0.25, 0.3) is 0 Å². The quantitative estimate of drug-likeness (QED) is 0.450. The fraction of sp³-hybridized carbons (Fsp3) is 1.00. The van der Waals surface area contributed by atoms with Crippen LogP contribution in [0.3, 0.4) is 0 Å². The van der Waals surface area contributed by atoms with E-state index in [1.165, 1.54) is 19.3 Å². The Labute approximate surface area is 208 Å². The summed E-state index contributed by atoms with van der Waals surface area (Å²) in [7, 11) is -0.180. The summed E-state index contributed by atoms with van der Waals surface area (Å²) in [6, 6.07) is 0. The maximum absolute atomic E-state index is 6.87. The Morgan fingerprint density at radius 1 is 0.824 bits per heavy atom. The van der Waals surface area contributed by atoms with Crippen molar-refractivity contribution >= 4 is 14.2 Å². The van der Waals surface area contributed by atoms with Crippen LogP contribution in [0.4, 0.5) is 0 Å². The van der Waals surface area contributed by atoms with Gasteiger partial charge >= 0.3 is 14.2 Å². The van der Waals surface area contributed by atoms with Gasteiger partial charge in [0.05, 0.1) is 23.4 Å². The van der Waals surface area contributed by atoms with Crippen molar-refractivity contribution < 1.29 is 18.6 Å². The zero-order valence-corrected chi connectivity index (χ0v) is 23.3. The third kappa shape index (κ3) is 2.40. The van der Waals surface area contributed by atoms with Crippen LogP contribution in [-0.2, 0) is 18.6 Å². The van der Waals surface area contributed by atoms with Crippen molar-refractivity contribution in [3.8, 4) is 0 Å². The Hall–Kier alpha value is -0.0301. The van der Waals surface area contributed by atoms with Crippen molar-refractivity contribution in [2.45, 2.75) is 135 Å². The van der Waals surface area contributed by atoms with Crippen LogP contribution in [0.5, 0.6) is 0 Å². The molecule has 0 amide bonds. The van der Waals surface area contributed by atoms with Crippen LogP contribution in [0.2, 0.25) is 10.6 Å². The highest BCUT2D eigenvalue weighted by Crippen LogP contribution is 2.92. The molecule has 2 aliphatic heterocycles. The maximum Gasteiger partial charge on any atom is 0.463 e. The third-order valence-corrected chi connectivity index (χ3v) is 13.0. The monoisotopic (exact) mass is 468 g/mol. The Kier molecular flexibility index (Phi) is 4.08. The Morgan fingerprint density at radius 3 is 2.18 bits per heavy atom. The van der Waals surface area contributed by atoms with Gasteiger partial charge in [-0.15, -0.1) is 0 Å². The average Bonchev–Trinajstić information content (AvgIpc) is 3.05. The van der Waals surface area contributed by atoms with Gasteiger partial charge in [-0.1, -0.05) is 55.4 Å². The van der Waals surface area contributed by atoms with Gasteiger partial charge in [-0.3, -0.25) is 0 Å². The highest BCUT2D eigenvalue weighted by atomic mass is 16.7. The summed E-state index contributed by atoms with van der Waals surface area (Å²) in [5.41, 5.74) is 0.956. The van der Waals surface area contributed by atoms with Gasteiger partial charge in [-0.05, 0) is 91.2 Å². The zero-order valence-electron chi connectivity index (χ0n) is 23.3. The van der Waals surface area contributed by atoms with Crippen LogP contribution in [0.1, 0.15) is 101 Å². The van der Waals surface area contributed by atoms with E-state index in [4.69, 9.17) is 18.6 Å². The van der Waals surface area contributed by atoms with Crippen molar-refractivity contribution in [3.63, 3.8) is 0 Å². The lowest BCUT2D eigenvalue weighted by atomic mass is 9.45. The maximum atomic E-state index is 6.87. The largest absolute Gasteiger partial charge is 0.463 e. The first kappa shape index (κ1) is 23.1. The third-order valence-electron chi connectivity index (χ3n) is 13.0. The van der Waals surface area contributed by atoms with E-state index in [1.54, 1.807) is 0 Å². The van der Waals surface area contributed by atoms with E-state index in [2.05, 4.69) is 69.2 Å². The van der Waals surface area contributed by atoms with Gasteiger partial charge in [0.1, 0.15) is 0 Å². The molecule has 0 aromatic rings. The van der Waals surface area contributed by atoms with Crippen LogP contribution in [0.15, 0.2) is 0 Å². The Balaban J connectivity index is 1.09. The average molecular weight is 468 g/mol. The van der Waals surface area contributed by atoms with E-state index in [0.29, 0.717) is 28.1 Å². The molecule has 2 saturated heterocycles. The summed E-state index contributed by atoms with van der Waals surface area (Å²) < 4.78 is 27.1. The minimum Gasteiger partial charge on any atom is -0.405 e. The summed E-state index contributed by atoms with van der Waals surface area (Å²) in [6.07, 6.45) is 6.59. The summed E-state index contributed by atoms with van der Waals surface area (Å²) >= 11 is 0. The predicted octanol–water partition coefficient (Wildman–Crippen LogP) is 6.39. The molecule has 8 rings (SSSR count). The van der Waals surface area contributed by atoms with E-state index in [9.17, 15) is 0 Å². The molecule has 0 N–H and O–H groups in total. The first-order chi connectivity index (χ1) is 15.5. The second-order valence-corrected chi connectivity index (χ2v) is 16.7. The van der Waals surface area contributed by atoms with Crippen molar-refractivity contribution in [2.24, 2.45) is 39.9 Å². The molecule has 0 spiro atoms. The molecule has 2 bridgehead atoms. The lowest BCUT2D eigenvalue weighted by molar-refractivity contribution is -0.185. The molecular weight excluding hydrogens is 422 g/mol. The van der Waals surface area contributed by atoms with Crippen molar-refractivity contribution in [1.82, 2.24) is 0 Å². The normalized spacial score (nSPS) is 56.3. The van der Waals surface area contributed by atoms with E-state index >= 15 is 0 Å². The van der Waals surface area contributed by atoms with E-state index < -0.39 is 0 Å². The number of hydrogen-bond acceptors (Lipinski definition) is 4. The molecule has 0 radical (unpaired) electrons. The highest BCUT2D eigenvalue weighted by molar-refractivity contribution is 6.49. The Bertz CT molecular complexity index is 945. The lowest BCUT2D eigenvalue weighted by Crippen LogP contribution is -2.63. The smallest absolute Gasteiger partial charge is 0.405 e. The van der Waals surface area contributed by atoms with E-state index in [-0.39, 0.29) is 48.3 Å². The molecule has 8 aliphatic rings. The number of fused-ring (bicyclic) bond motifs is 3. The van der Waals surface area contributed by atoms with Crippen molar-refractivity contribution in [3.05, 3.63) is 0 Å². The van der Waals surface area contributed by atoms with Gasteiger partial charge < -0.3 is 18.6 Å². The predicted molar refractivity (Wildman–Crippen MR) is 135 cm³/mol. The summed E-state index contributed by atoms with van der Waals surface area (Å²) in [5.74, 6) is 2.78. The van der Waals surface area contributed by atoms with Gasteiger partial charge in [-0.25, -0.2) is 0 Å². The first-order valence-corrected chi connectivity index (χ1v) is 14.2. The molecule has 34 heavy (non-hydrogen) atoms. The molecule has 10 atom stereocenters. The molecule has 6 saturated carbocycles. The van der Waals surface area contributed by atoms with Crippen molar-refractivity contribution in [2.75, 3.05) is 0 Å². The summed E-state index contributed by atoms with van der Waals surface area (Å²) in [6.45, 7) is 23.7. The van der Waals surface area contributed by atoms with Gasteiger partial charge in [0.25, 0.3) is 0 Å². The summed E-state index contributed by atoms with van der Waals surface area (Å²) in [5, 5.41) is 0.0271. The van der Waals surface area contributed by atoms with Gasteiger partial charge in [0.15, 0.2) is 0 Å². The Morgan fingerprint density at radius 2 is 1.53 bits per heavy atom. The molecule has 2 heterocycles. The second-order valence-electron chi connectivity index (χ2n) is 16.7. The van der Waals surface area contributed by atoms with E-state index in [0.717, 1.165) is 24.7 Å². The number of rotatable bonds is 3.